The highest BCUT2D eigenvalue weighted by atomic mass is 16.5. The van der Waals surface area contributed by atoms with Crippen molar-refractivity contribution in [1.29, 1.82) is 0 Å². The maximum Gasteiger partial charge on any atom is 0.310 e. The van der Waals surface area contributed by atoms with Crippen molar-refractivity contribution in [1.82, 2.24) is 24.5 Å². The number of aryl methyl sites for hydroxylation is 1. The Morgan fingerprint density at radius 2 is 1.94 bits per heavy atom. The smallest absolute Gasteiger partial charge is 0.310 e. The molecule has 8 nitrogen and oxygen atoms in total. The molecule has 0 saturated heterocycles. The van der Waals surface area contributed by atoms with Gasteiger partial charge in [0.05, 0.1) is 25.4 Å². The van der Waals surface area contributed by atoms with Crippen LogP contribution in [0.4, 0.5) is 0 Å². The Labute approximate surface area is 188 Å². The van der Waals surface area contributed by atoms with Crippen molar-refractivity contribution >= 4 is 5.97 Å². The van der Waals surface area contributed by atoms with Crippen molar-refractivity contribution in [3.8, 4) is 5.69 Å². The number of benzene rings is 1. The van der Waals surface area contributed by atoms with E-state index in [2.05, 4.69) is 28.9 Å². The summed E-state index contributed by atoms with van der Waals surface area (Å²) in [6, 6.07) is 9.16. The number of ether oxygens (including phenoxy) is 1. The minimum Gasteiger partial charge on any atom is -0.465 e. The molecule has 0 atom stereocenters. The summed E-state index contributed by atoms with van der Waals surface area (Å²) in [5.41, 5.74) is 2.88. The van der Waals surface area contributed by atoms with Crippen molar-refractivity contribution < 1.29 is 9.53 Å². The molecule has 0 aliphatic heterocycles. The second-order valence-corrected chi connectivity index (χ2v) is 7.72. The molecule has 1 aromatic carbocycles. The molecular weight excluding hydrogens is 406 g/mol. The Hall–Kier alpha value is -3.26. The molecule has 0 fully saturated rings. The lowest BCUT2D eigenvalue weighted by atomic mass is 10.0. The van der Waals surface area contributed by atoms with E-state index in [0.717, 1.165) is 42.9 Å². The van der Waals surface area contributed by atoms with Crippen molar-refractivity contribution in [2.24, 2.45) is 7.05 Å². The van der Waals surface area contributed by atoms with E-state index in [1.54, 1.807) is 21.8 Å². The first-order valence-corrected chi connectivity index (χ1v) is 11.0. The Morgan fingerprint density at radius 3 is 2.66 bits per heavy atom. The number of esters is 1. The third-order valence-electron chi connectivity index (χ3n) is 5.32. The topological polar surface area (TPSA) is 82.2 Å². The average molecular weight is 438 g/mol. The van der Waals surface area contributed by atoms with Crippen LogP contribution < -0.4 is 5.43 Å². The molecule has 0 N–H and O–H groups in total. The van der Waals surface area contributed by atoms with Crippen LogP contribution in [0.5, 0.6) is 0 Å². The number of carbonyl (C=O) groups is 1. The molecule has 0 spiro atoms. The van der Waals surface area contributed by atoms with Gasteiger partial charge in [0.2, 0.25) is 5.43 Å². The van der Waals surface area contributed by atoms with Gasteiger partial charge in [-0.05, 0) is 30.6 Å². The maximum absolute atomic E-state index is 12.3. The number of rotatable bonds is 11. The fourth-order valence-electron chi connectivity index (χ4n) is 3.51. The van der Waals surface area contributed by atoms with Crippen LogP contribution in [0.1, 0.15) is 37.1 Å². The van der Waals surface area contributed by atoms with Crippen LogP contribution in [0.3, 0.4) is 0 Å². The molecule has 0 aliphatic rings. The molecule has 8 heteroatoms. The maximum atomic E-state index is 12.3. The highest BCUT2D eigenvalue weighted by Crippen LogP contribution is 2.11. The monoisotopic (exact) mass is 437 g/mol. The normalized spacial score (nSPS) is 11.1. The standard InChI is InChI=1S/C24H31N5O3/c1-4-28(5-2)11-7-13-32-24(31)16-20-9-6-8-19(14-20)15-22-23(30)10-12-29(26-22)21-17-25-27(3)18-21/h6,8-10,12,14,17-18H,4-5,7,11,13,15-16H2,1-3H3. The number of hydrogen-bond donors (Lipinski definition) is 0. The van der Waals surface area contributed by atoms with Crippen molar-refractivity contribution in [2.75, 3.05) is 26.2 Å². The molecule has 32 heavy (non-hydrogen) atoms. The Kier molecular flexibility index (Phi) is 8.33. The molecule has 2 aromatic heterocycles. The zero-order chi connectivity index (χ0) is 22.9. The summed E-state index contributed by atoms with van der Waals surface area (Å²) in [6.07, 6.45) is 6.57. The van der Waals surface area contributed by atoms with Crippen LogP contribution in [0.25, 0.3) is 5.69 Å². The third kappa shape index (κ3) is 6.62. The summed E-state index contributed by atoms with van der Waals surface area (Å²) < 4.78 is 8.71. The first kappa shape index (κ1) is 23.4. The van der Waals surface area contributed by atoms with Gasteiger partial charge in [0.1, 0.15) is 11.4 Å². The zero-order valence-electron chi connectivity index (χ0n) is 19.0. The van der Waals surface area contributed by atoms with Crippen LogP contribution in [-0.2, 0) is 29.4 Å². The van der Waals surface area contributed by atoms with E-state index in [1.807, 2.05) is 37.5 Å². The Balaban J connectivity index is 1.59. The number of hydrogen-bond acceptors (Lipinski definition) is 6. The molecule has 170 valence electrons. The van der Waals surface area contributed by atoms with Gasteiger partial charge in [-0.2, -0.15) is 10.2 Å². The molecule has 3 rings (SSSR count). The van der Waals surface area contributed by atoms with Gasteiger partial charge in [0.15, 0.2) is 0 Å². The van der Waals surface area contributed by atoms with E-state index in [4.69, 9.17) is 4.74 Å². The summed E-state index contributed by atoms with van der Waals surface area (Å²) in [6.45, 7) is 7.61. The molecule has 3 aromatic rings. The van der Waals surface area contributed by atoms with E-state index in [1.165, 1.54) is 6.07 Å². The Bertz CT molecular complexity index is 1080. The van der Waals surface area contributed by atoms with Gasteiger partial charge in [-0.25, -0.2) is 4.68 Å². The fraction of sp³-hybridized carbons (Fsp3) is 0.417. The summed E-state index contributed by atoms with van der Waals surface area (Å²) in [7, 11) is 1.83. The lowest BCUT2D eigenvalue weighted by Crippen LogP contribution is -2.25. The number of carbonyl (C=O) groups excluding carboxylic acids is 1. The Morgan fingerprint density at radius 1 is 1.16 bits per heavy atom. The minimum absolute atomic E-state index is 0.122. The van der Waals surface area contributed by atoms with Gasteiger partial charge in [-0.15, -0.1) is 0 Å². The summed E-state index contributed by atoms with van der Waals surface area (Å²) in [4.78, 5) is 26.9. The molecule has 0 saturated carbocycles. The van der Waals surface area contributed by atoms with Crippen LogP contribution in [0.2, 0.25) is 0 Å². The van der Waals surface area contributed by atoms with Gasteiger partial charge in [-0.1, -0.05) is 38.1 Å². The zero-order valence-corrected chi connectivity index (χ0v) is 19.0. The lowest BCUT2D eigenvalue weighted by molar-refractivity contribution is -0.143. The quantitative estimate of drug-likeness (QED) is 0.338. The highest BCUT2D eigenvalue weighted by molar-refractivity contribution is 5.72. The van der Waals surface area contributed by atoms with E-state index in [0.29, 0.717) is 18.7 Å². The van der Waals surface area contributed by atoms with Crippen molar-refractivity contribution in [3.63, 3.8) is 0 Å². The van der Waals surface area contributed by atoms with Crippen molar-refractivity contribution in [2.45, 2.75) is 33.1 Å². The van der Waals surface area contributed by atoms with E-state index in [9.17, 15) is 9.59 Å². The van der Waals surface area contributed by atoms with Gasteiger partial charge >= 0.3 is 5.97 Å². The third-order valence-corrected chi connectivity index (χ3v) is 5.32. The van der Waals surface area contributed by atoms with E-state index >= 15 is 0 Å². The van der Waals surface area contributed by atoms with Gasteiger partial charge in [0, 0.05) is 32.3 Å². The number of nitrogens with zero attached hydrogens (tertiary/aromatic N) is 5. The molecule has 0 aliphatic carbocycles. The summed E-state index contributed by atoms with van der Waals surface area (Å²) in [5.74, 6) is -0.238. The fourth-order valence-corrected chi connectivity index (χ4v) is 3.51. The number of aromatic nitrogens is 4. The first-order valence-electron chi connectivity index (χ1n) is 11.0. The first-order chi connectivity index (χ1) is 15.5. The van der Waals surface area contributed by atoms with E-state index < -0.39 is 0 Å². The molecule has 2 heterocycles. The SMILES string of the molecule is CCN(CC)CCCOC(=O)Cc1cccc(Cc2nn(-c3cnn(C)c3)ccc2=O)c1. The van der Waals surface area contributed by atoms with Crippen LogP contribution in [0.15, 0.2) is 53.7 Å². The van der Waals surface area contributed by atoms with Crippen LogP contribution in [-0.4, -0.2) is 56.7 Å². The van der Waals surface area contributed by atoms with Gasteiger partial charge < -0.3 is 9.64 Å². The largest absolute Gasteiger partial charge is 0.465 e. The van der Waals surface area contributed by atoms with Crippen LogP contribution in [0, 0.1) is 0 Å². The molecule has 0 unspecified atom stereocenters. The second kappa shape index (κ2) is 11.4. The molecule has 0 radical (unpaired) electrons. The molecule has 0 amide bonds. The minimum atomic E-state index is -0.238. The van der Waals surface area contributed by atoms with E-state index in [-0.39, 0.29) is 17.8 Å². The second-order valence-electron chi connectivity index (χ2n) is 7.72. The highest BCUT2D eigenvalue weighted by Gasteiger charge is 2.10. The lowest BCUT2D eigenvalue weighted by Gasteiger charge is -2.17. The van der Waals surface area contributed by atoms with Crippen LogP contribution >= 0.6 is 0 Å². The van der Waals surface area contributed by atoms with Gasteiger partial charge in [0.25, 0.3) is 0 Å². The molecular formula is C24H31N5O3. The average Bonchev–Trinajstić information content (AvgIpc) is 3.22. The summed E-state index contributed by atoms with van der Waals surface area (Å²) in [5, 5.41) is 8.62. The van der Waals surface area contributed by atoms with Crippen molar-refractivity contribution in [3.05, 3.63) is 76.0 Å². The molecule has 0 bridgehead atoms. The predicted molar refractivity (Wildman–Crippen MR) is 123 cm³/mol. The van der Waals surface area contributed by atoms with Gasteiger partial charge in [-0.3, -0.25) is 14.3 Å². The predicted octanol–water partition coefficient (Wildman–Crippen LogP) is 2.37. The summed E-state index contributed by atoms with van der Waals surface area (Å²) >= 11 is 0.